The van der Waals surface area contributed by atoms with E-state index in [0.29, 0.717) is 0 Å². The van der Waals surface area contributed by atoms with Crippen molar-refractivity contribution in [1.82, 2.24) is 0 Å². The topological polar surface area (TPSA) is 9.23 Å². The third kappa shape index (κ3) is 2.53. The number of allylic oxidation sites excluding steroid dienone is 2. The fourth-order valence-electron chi connectivity index (χ4n) is 1.43. The maximum Gasteiger partial charge on any atom is 0.0462 e. The molecule has 0 radical (unpaired) electrons. The summed E-state index contributed by atoms with van der Waals surface area (Å²) in [6, 6.07) is 0. The van der Waals surface area contributed by atoms with Crippen molar-refractivity contribution in [2.24, 2.45) is 5.92 Å². The molecule has 10 heavy (non-hydrogen) atoms. The van der Waals surface area contributed by atoms with Crippen LogP contribution in [0.2, 0.25) is 0 Å². The molecule has 0 fully saturated rings. The largest absolute Gasteiger partial charge is 0.385 e. The van der Waals surface area contributed by atoms with E-state index in [4.69, 9.17) is 4.74 Å². The van der Waals surface area contributed by atoms with Crippen LogP contribution in [0.1, 0.15) is 25.7 Å². The first kappa shape index (κ1) is 7.80. The monoisotopic (exact) mass is 140 g/mol. The van der Waals surface area contributed by atoms with E-state index in [-0.39, 0.29) is 0 Å². The van der Waals surface area contributed by atoms with Crippen LogP contribution in [0.15, 0.2) is 12.2 Å². The number of hydrogen-bond donors (Lipinski definition) is 0. The van der Waals surface area contributed by atoms with Crippen molar-refractivity contribution in [1.29, 1.82) is 0 Å². The molecule has 0 amide bonds. The van der Waals surface area contributed by atoms with Crippen LogP contribution in [0.25, 0.3) is 0 Å². The van der Waals surface area contributed by atoms with Crippen molar-refractivity contribution in [3.63, 3.8) is 0 Å². The standard InChI is InChI=1S/C9H16O/c1-10-8-4-7-9-5-2-3-6-9/h2-3,9H,4-8H2,1H3. The molecule has 0 spiro atoms. The van der Waals surface area contributed by atoms with Gasteiger partial charge in [-0.05, 0) is 31.6 Å². The molecule has 1 nitrogen and oxygen atoms in total. The molecule has 0 aromatic rings. The Bertz CT molecular complexity index is 99.3. The average Bonchev–Trinajstić information content (AvgIpc) is 2.41. The van der Waals surface area contributed by atoms with Crippen molar-refractivity contribution < 1.29 is 4.74 Å². The minimum absolute atomic E-state index is 0.926. The molecule has 1 aliphatic carbocycles. The van der Waals surface area contributed by atoms with Gasteiger partial charge in [-0.15, -0.1) is 0 Å². The van der Waals surface area contributed by atoms with Gasteiger partial charge in [-0.1, -0.05) is 12.2 Å². The predicted octanol–water partition coefficient (Wildman–Crippen LogP) is 2.38. The third-order valence-corrected chi connectivity index (χ3v) is 2.07. The van der Waals surface area contributed by atoms with Gasteiger partial charge in [0, 0.05) is 13.7 Å². The molecule has 0 saturated heterocycles. The highest BCUT2D eigenvalue weighted by molar-refractivity contribution is 4.93. The van der Waals surface area contributed by atoms with Crippen LogP contribution in [-0.4, -0.2) is 13.7 Å². The Hall–Kier alpha value is -0.300. The lowest BCUT2D eigenvalue weighted by molar-refractivity contribution is 0.187. The van der Waals surface area contributed by atoms with E-state index in [1.54, 1.807) is 7.11 Å². The summed E-state index contributed by atoms with van der Waals surface area (Å²) < 4.78 is 4.98. The smallest absolute Gasteiger partial charge is 0.0462 e. The molecule has 0 unspecified atom stereocenters. The fraction of sp³-hybridized carbons (Fsp3) is 0.778. The normalized spacial score (nSPS) is 18.5. The summed E-state index contributed by atoms with van der Waals surface area (Å²) >= 11 is 0. The molecular formula is C9H16O. The lowest BCUT2D eigenvalue weighted by Crippen LogP contribution is -1.96. The Morgan fingerprint density at radius 3 is 2.70 bits per heavy atom. The highest BCUT2D eigenvalue weighted by atomic mass is 16.5. The van der Waals surface area contributed by atoms with Gasteiger partial charge in [-0.3, -0.25) is 0 Å². The zero-order valence-electron chi connectivity index (χ0n) is 6.68. The average molecular weight is 140 g/mol. The molecule has 0 saturated carbocycles. The van der Waals surface area contributed by atoms with Gasteiger partial charge in [0.25, 0.3) is 0 Å². The maximum absolute atomic E-state index is 4.98. The van der Waals surface area contributed by atoms with Crippen LogP contribution < -0.4 is 0 Å². The summed E-state index contributed by atoms with van der Waals surface area (Å²) in [5.41, 5.74) is 0. The molecule has 1 heteroatoms. The number of methoxy groups -OCH3 is 1. The van der Waals surface area contributed by atoms with Crippen LogP contribution in [0.4, 0.5) is 0 Å². The fourth-order valence-corrected chi connectivity index (χ4v) is 1.43. The van der Waals surface area contributed by atoms with Gasteiger partial charge in [0.05, 0.1) is 0 Å². The first-order chi connectivity index (χ1) is 4.93. The van der Waals surface area contributed by atoms with Crippen LogP contribution in [0.3, 0.4) is 0 Å². The van der Waals surface area contributed by atoms with Crippen molar-refractivity contribution in [3.05, 3.63) is 12.2 Å². The summed E-state index contributed by atoms with van der Waals surface area (Å²) in [7, 11) is 1.77. The van der Waals surface area contributed by atoms with Gasteiger partial charge < -0.3 is 4.74 Å². The Labute approximate surface area is 63.1 Å². The minimum atomic E-state index is 0.926. The summed E-state index contributed by atoms with van der Waals surface area (Å²) in [6.45, 7) is 0.927. The van der Waals surface area contributed by atoms with E-state index < -0.39 is 0 Å². The molecule has 0 aromatic heterocycles. The van der Waals surface area contributed by atoms with Crippen LogP contribution in [0, 0.1) is 5.92 Å². The van der Waals surface area contributed by atoms with Gasteiger partial charge in [0.1, 0.15) is 0 Å². The summed E-state index contributed by atoms with van der Waals surface area (Å²) in [5, 5.41) is 0. The first-order valence-corrected chi connectivity index (χ1v) is 4.07. The highest BCUT2D eigenvalue weighted by Crippen LogP contribution is 2.22. The van der Waals surface area contributed by atoms with Gasteiger partial charge in [-0.25, -0.2) is 0 Å². The Morgan fingerprint density at radius 2 is 2.10 bits per heavy atom. The van der Waals surface area contributed by atoms with Crippen molar-refractivity contribution in [3.8, 4) is 0 Å². The van der Waals surface area contributed by atoms with Crippen molar-refractivity contribution >= 4 is 0 Å². The Morgan fingerprint density at radius 1 is 1.40 bits per heavy atom. The summed E-state index contributed by atoms with van der Waals surface area (Å²) in [4.78, 5) is 0. The second kappa shape index (κ2) is 4.51. The van der Waals surface area contributed by atoms with Crippen LogP contribution in [-0.2, 0) is 4.74 Å². The minimum Gasteiger partial charge on any atom is -0.385 e. The summed E-state index contributed by atoms with van der Waals surface area (Å²) in [6.07, 6.45) is 9.73. The lowest BCUT2D eigenvalue weighted by Gasteiger charge is -2.06. The van der Waals surface area contributed by atoms with E-state index in [1.165, 1.54) is 25.7 Å². The van der Waals surface area contributed by atoms with Crippen molar-refractivity contribution in [2.75, 3.05) is 13.7 Å². The molecule has 1 aliphatic rings. The lowest BCUT2D eigenvalue weighted by atomic mass is 10.0. The molecule has 1 rings (SSSR count). The maximum atomic E-state index is 4.98. The Balaban J connectivity index is 1.93. The first-order valence-electron chi connectivity index (χ1n) is 4.07. The van der Waals surface area contributed by atoms with E-state index >= 15 is 0 Å². The summed E-state index contributed by atoms with van der Waals surface area (Å²) in [5.74, 6) is 0.926. The SMILES string of the molecule is COCCCC1CC=CC1. The van der Waals surface area contributed by atoms with E-state index in [0.717, 1.165) is 12.5 Å². The van der Waals surface area contributed by atoms with E-state index in [1.807, 2.05) is 0 Å². The second-order valence-electron chi connectivity index (χ2n) is 2.94. The molecule has 0 atom stereocenters. The molecule has 0 aromatic carbocycles. The molecule has 0 bridgehead atoms. The third-order valence-electron chi connectivity index (χ3n) is 2.07. The molecular weight excluding hydrogens is 124 g/mol. The molecule has 0 N–H and O–H groups in total. The van der Waals surface area contributed by atoms with Gasteiger partial charge in [0.2, 0.25) is 0 Å². The highest BCUT2D eigenvalue weighted by Gasteiger charge is 2.08. The van der Waals surface area contributed by atoms with Crippen molar-refractivity contribution in [2.45, 2.75) is 25.7 Å². The van der Waals surface area contributed by atoms with E-state index in [9.17, 15) is 0 Å². The van der Waals surface area contributed by atoms with Crippen LogP contribution in [0.5, 0.6) is 0 Å². The van der Waals surface area contributed by atoms with Gasteiger partial charge >= 0.3 is 0 Å². The zero-order valence-corrected chi connectivity index (χ0v) is 6.68. The zero-order chi connectivity index (χ0) is 7.23. The van der Waals surface area contributed by atoms with Crippen LogP contribution >= 0.6 is 0 Å². The van der Waals surface area contributed by atoms with E-state index in [2.05, 4.69) is 12.2 Å². The molecule has 0 heterocycles. The molecule has 58 valence electrons. The predicted molar refractivity (Wildman–Crippen MR) is 43.0 cm³/mol. The van der Waals surface area contributed by atoms with Gasteiger partial charge in [0.15, 0.2) is 0 Å². The quantitative estimate of drug-likeness (QED) is 0.430. The number of ether oxygens (including phenoxy) is 1. The number of rotatable bonds is 4. The van der Waals surface area contributed by atoms with Gasteiger partial charge in [-0.2, -0.15) is 0 Å². The second-order valence-corrected chi connectivity index (χ2v) is 2.94. The molecule has 0 aliphatic heterocycles. The Kier molecular flexibility index (Phi) is 3.52. The number of hydrogen-bond acceptors (Lipinski definition) is 1.